The molecule has 22 heteroatoms. The summed E-state index contributed by atoms with van der Waals surface area (Å²) in [5.74, 6) is -0.576. The van der Waals surface area contributed by atoms with Crippen LogP contribution in [0.4, 0.5) is 5.69 Å². The first kappa shape index (κ1) is 43.3. The molecule has 3 heterocycles. The summed E-state index contributed by atoms with van der Waals surface area (Å²) < 4.78 is 21.6. The maximum absolute atomic E-state index is 11.6. The summed E-state index contributed by atoms with van der Waals surface area (Å²) in [5, 5.41) is 62.5. The van der Waals surface area contributed by atoms with E-state index in [0.29, 0.717) is 12.2 Å². The number of H-pyrrole nitrogens is 1. The smallest absolute Gasteiger partial charge is 0.337 e. The number of aliphatic hydroxyl groups excluding tert-OH is 6. The molecular weight excluding hydrogens is 708 g/mol. The fraction of sp³-hybridized carbons (Fsp3) is 0.560. The number of aromatic nitrogens is 2. The molecule has 2 saturated heterocycles. The lowest BCUT2D eigenvalue weighted by Crippen LogP contribution is -2.48. The van der Waals surface area contributed by atoms with Crippen molar-refractivity contribution in [3.05, 3.63) is 56.9 Å². The average molecular weight is 750 g/mol. The van der Waals surface area contributed by atoms with Crippen molar-refractivity contribution in [1.29, 1.82) is 0 Å². The number of nitrogens with two attached hydrogens (primary N) is 1. The van der Waals surface area contributed by atoms with Gasteiger partial charge in [-0.3, -0.25) is 18.7 Å². The van der Waals surface area contributed by atoms with Crippen LogP contribution in [0.1, 0.15) is 29.9 Å². The Morgan fingerprint density at radius 1 is 1.06 bits per heavy atom. The van der Waals surface area contributed by atoms with Gasteiger partial charge in [0.05, 0.1) is 30.5 Å². The van der Waals surface area contributed by atoms with E-state index in [0.717, 1.165) is 29.7 Å². The number of ether oxygens (including phenoxy) is 2. The molecule has 4 rings (SSSR count). The van der Waals surface area contributed by atoms with Crippen LogP contribution in [0, 0.1) is 0 Å². The van der Waals surface area contributed by atoms with Crippen LogP contribution in [0.25, 0.3) is 0 Å². The molecule has 0 radical (unpaired) electrons. The van der Waals surface area contributed by atoms with Gasteiger partial charge in [0.1, 0.15) is 24.4 Å². The molecule has 1 aromatic carbocycles. The van der Waals surface area contributed by atoms with Gasteiger partial charge in [0, 0.05) is 49.2 Å². The first-order valence-electron chi connectivity index (χ1n) is 13.5. The van der Waals surface area contributed by atoms with Crippen molar-refractivity contribution < 1.29 is 63.7 Å². The molecule has 47 heavy (non-hydrogen) atoms. The normalized spacial score (nSPS) is 27.0. The topological polar surface area (TPSA) is 297 Å². The van der Waals surface area contributed by atoms with Gasteiger partial charge in [-0.15, -0.1) is 0 Å². The molecule has 0 bridgehead atoms. The van der Waals surface area contributed by atoms with Gasteiger partial charge in [-0.05, 0) is 25.1 Å². The van der Waals surface area contributed by atoms with E-state index in [1.807, 2.05) is 11.9 Å². The maximum atomic E-state index is 11.6. The Kier molecular flexibility index (Phi) is 21.0. The third-order valence-corrected chi connectivity index (χ3v) is 9.61. The van der Waals surface area contributed by atoms with Gasteiger partial charge >= 0.3 is 11.7 Å². The number of aromatic carboxylic acids is 1. The van der Waals surface area contributed by atoms with Crippen molar-refractivity contribution >= 4 is 51.3 Å². The van der Waals surface area contributed by atoms with Crippen LogP contribution in [-0.4, -0.2) is 125 Å². The quantitative estimate of drug-likeness (QED) is 0.0572. The van der Waals surface area contributed by atoms with Gasteiger partial charge in [-0.25, -0.2) is 9.59 Å². The second kappa shape index (κ2) is 22.8. The Morgan fingerprint density at radius 3 is 2.36 bits per heavy atom. The van der Waals surface area contributed by atoms with E-state index < -0.39 is 78.1 Å². The predicted molar refractivity (Wildman–Crippen MR) is 177 cm³/mol. The van der Waals surface area contributed by atoms with Crippen molar-refractivity contribution in [1.82, 2.24) is 9.55 Å². The Hall–Kier alpha value is -1.71. The third-order valence-electron chi connectivity index (χ3n) is 6.25. The molecule has 2 aromatic rings. The second-order valence-electron chi connectivity index (χ2n) is 9.35. The van der Waals surface area contributed by atoms with Crippen LogP contribution in [-0.2, 0) is 18.3 Å². The average Bonchev–Trinajstić information content (AvgIpc) is 3.33. The van der Waals surface area contributed by atoms with E-state index in [2.05, 4.69) is 4.31 Å². The molecule has 2 fully saturated rings. The van der Waals surface area contributed by atoms with Crippen LogP contribution in [0.5, 0.6) is 0 Å². The Labute approximate surface area is 280 Å². The molecule has 0 aliphatic carbocycles. The SMILES string of the molecule is CC1C[C@@H](O)[C@@H](O)[C@@H](CSSc2ccc(N)c(C(=O)O)c2)O1.CO.CO.O=c1ccn(C2OC(COPOPO)C(O)C2O)c(=O)[nH]1. The fourth-order valence-corrected chi connectivity index (χ4v) is 6.98. The number of hydrogen-bond donors (Lipinski definition) is 10. The number of aliphatic hydroxyl groups is 6. The molecule has 11 N–H and O–H groups in total. The zero-order valence-corrected chi connectivity index (χ0v) is 29.0. The summed E-state index contributed by atoms with van der Waals surface area (Å²) in [5.41, 5.74) is 4.57. The number of nitrogens with zero attached hydrogens (tertiary/aromatic N) is 1. The lowest BCUT2D eigenvalue weighted by Gasteiger charge is -2.35. The molecule has 2 aliphatic heterocycles. The zero-order valence-electron chi connectivity index (χ0n) is 25.4. The molecule has 0 saturated carbocycles. The van der Waals surface area contributed by atoms with Crippen molar-refractivity contribution in [2.24, 2.45) is 0 Å². The first-order valence-corrected chi connectivity index (χ1v) is 17.5. The minimum atomic E-state index is -1.36. The molecule has 268 valence electrons. The largest absolute Gasteiger partial charge is 0.478 e. The minimum Gasteiger partial charge on any atom is -0.478 e. The third kappa shape index (κ3) is 13.6. The Bertz CT molecular complexity index is 1330. The number of carboxylic acid groups (broad SMARTS) is 1. The molecular formula is C25H41N3O15P2S2. The number of benzene rings is 1. The lowest BCUT2D eigenvalue weighted by atomic mass is 10.00. The number of hydrogen-bond acceptors (Lipinski definition) is 17. The highest BCUT2D eigenvalue weighted by molar-refractivity contribution is 8.76. The molecule has 0 amide bonds. The number of nitrogens with one attached hydrogen (secondary N) is 1. The number of anilines is 1. The number of aromatic amines is 1. The predicted octanol–water partition coefficient (Wildman–Crippen LogP) is -0.978. The van der Waals surface area contributed by atoms with Crippen LogP contribution in [0.2, 0.25) is 0 Å². The fourth-order valence-electron chi connectivity index (χ4n) is 4.13. The van der Waals surface area contributed by atoms with E-state index in [-0.39, 0.29) is 24.0 Å². The van der Waals surface area contributed by atoms with E-state index in [1.165, 1.54) is 33.9 Å². The van der Waals surface area contributed by atoms with Crippen molar-refractivity contribution in [2.45, 2.75) is 67.2 Å². The summed E-state index contributed by atoms with van der Waals surface area (Å²) in [6, 6.07) is 5.93. The molecule has 0 spiro atoms. The molecule has 1 aromatic heterocycles. The van der Waals surface area contributed by atoms with Crippen LogP contribution < -0.4 is 17.0 Å². The zero-order chi connectivity index (χ0) is 35.7. The van der Waals surface area contributed by atoms with Gasteiger partial charge in [-0.1, -0.05) is 21.6 Å². The van der Waals surface area contributed by atoms with Gasteiger partial charge in [0.25, 0.3) is 5.56 Å². The van der Waals surface area contributed by atoms with Crippen molar-refractivity contribution in [3.63, 3.8) is 0 Å². The maximum Gasteiger partial charge on any atom is 0.337 e. The summed E-state index contributed by atoms with van der Waals surface area (Å²) in [6.45, 7) is 1.77. The molecule has 7 unspecified atom stereocenters. The van der Waals surface area contributed by atoms with Crippen molar-refractivity contribution in [2.75, 3.05) is 32.3 Å². The summed E-state index contributed by atoms with van der Waals surface area (Å²) in [7, 11) is 3.68. The standard InChI is InChI=1S/C14H19NO5S2.C9H14N2O8P2.2CH4O/c1-7-4-11(16)13(17)12(20-7)6-21-22-8-2-3-10(15)9(5-8)14(18)19;12-5-1-2-11(9(15)10-5)8-7(14)6(13)4(18-8)3-17-21-19-20-16;2*1-2/h2-3,5,7,11-13,16-17H,4,6,15H2,1H3,(H,18,19);1-2,4,6-8,13-14,16,20-21H,3H2,(H,10,12,15);2*2H,1H3/t7?,11-,12-,13-;;;/m1.../s1. The number of carboxylic acids is 1. The highest BCUT2D eigenvalue weighted by Crippen LogP contribution is 2.35. The highest BCUT2D eigenvalue weighted by atomic mass is 33.1. The van der Waals surface area contributed by atoms with Crippen LogP contribution in [0.15, 0.2) is 44.9 Å². The minimum absolute atomic E-state index is 0.0728. The highest BCUT2D eigenvalue weighted by Gasteiger charge is 2.44. The summed E-state index contributed by atoms with van der Waals surface area (Å²) in [6.07, 6.45) is -5.24. The van der Waals surface area contributed by atoms with Gasteiger partial charge < -0.3 is 60.4 Å². The van der Waals surface area contributed by atoms with Gasteiger partial charge in [0.2, 0.25) is 0 Å². The Morgan fingerprint density at radius 2 is 1.74 bits per heavy atom. The van der Waals surface area contributed by atoms with E-state index in [4.69, 9.17) is 39.9 Å². The first-order chi connectivity index (χ1) is 22.4. The van der Waals surface area contributed by atoms with E-state index in [9.17, 15) is 34.8 Å². The number of rotatable bonds is 11. The van der Waals surface area contributed by atoms with Gasteiger partial charge in [-0.2, -0.15) is 0 Å². The van der Waals surface area contributed by atoms with Gasteiger partial charge in [0.15, 0.2) is 24.3 Å². The number of nitrogen functional groups attached to an aromatic ring is 1. The second-order valence-corrected chi connectivity index (χ2v) is 13.2. The van der Waals surface area contributed by atoms with E-state index in [1.54, 1.807) is 12.1 Å². The lowest BCUT2D eigenvalue weighted by molar-refractivity contribution is -0.154. The summed E-state index contributed by atoms with van der Waals surface area (Å²) >= 11 is 0. The molecule has 10 atom stereocenters. The molecule has 2 aliphatic rings. The number of carbonyl (C=O) groups is 1. The molecule has 18 nitrogen and oxygen atoms in total. The van der Waals surface area contributed by atoms with Crippen LogP contribution in [0.3, 0.4) is 0 Å². The Balaban J connectivity index is 0.000000425. The summed E-state index contributed by atoms with van der Waals surface area (Å²) in [4.78, 5) is 44.9. The van der Waals surface area contributed by atoms with E-state index >= 15 is 0 Å². The van der Waals surface area contributed by atoms with Crippen molar-refractivity contribution in [3.8, 4) is 0 Å². The monoisotopic (exact) mass is 749 g/mol. The van der Waals surface area contributed by atoms with Crippen LogP contribution >= 0.6 is 39.7 Å².